The highest BCUT2D eigenvalue weighted by Crippen LogP contribution is 2.39. The smallest absolute Gasteiger partial charge is 0.309 e. The lowest BCUT2D eigenvalue weighted by molar-refractivity contribution is -0.149. The Balaban J connectivity index is 0.00000259. The number of hydrogen-bond donors (Lipinski definition) is 2. The number of carbonyl (C=O) groups excluding carboxylic acids is 1. The number of carbonyl (C=O) groups is 1. The number of benzene rings is 1. The summed E-state index contributed by atoms with van der Waals surface area (Å²) in [6.07, 6.45) is 0.0910. The topological polar surface area (TPSA) is 105 Å². The van der Waals surface area contributed by atoms with Crippen LogP contribution < -0.4 is 5.56 Å². The van der Waals surface area contributed by atoms with Gasteiger partial charge in [-0.2, -0.15) is 0 Å². The number of rotatable bonds is 3. The molecule has 5 rings (SSSR count). The molecule has 1 atom stereocenters. The Kier molecular flexibility index (Phi) is 5.72. The van der Waals surface area contributed by atoms with Gasteiger partial charge in [0.05, 0.1) is 35.4 Å². The largest absolute Gasteiger partial charge is 0.508 e. The molecule has 0 bridgehead atoms. The molecule has 33 heavy (non-hydrogen) atoms. The quantitative estimate of drug-likeness (QED) is 0.442. The second kappa shape index (κ2) is 8.13. The molecule has 0 saturated heterocycles. The van der Waals surface area contributed by atoms with Crippen LogP contribution in [0.1, 0.15) is 42.0 Å². The van der Waals surface area contributed by atoms with E-state index in [2.05, 4.69) is 0 Å². The van der Waals surface area contributed by atoms with Crippen molar-refractivity contribution in [1.29, 1.82) is 0 Å². The van der Waals surface area contributed by atoms with Gasteiger partial charge in [0.2, 0.25) is 0 Å². The maximum absolute atomic E-state index is 13.4. The molecule has 3 aromatic rings. The van der Waals surface area contributed by atoms with Gasteiger partial charge in [0, 0.05) is 23.1 Å². The summed E-state index contributed by atoms with van der Waals surface area (Å²) in [5.74, 6) is -0.310. The van der Waals surface area contributed by atoms with Crippen molar-refractivity contribution in [2.45, 2.75) is 45.1 Å². The first-order chi connectivity index (χ1) is 15.2. The van der Waals surface area contributed by atoms with Gasteiger partial charge in [0.1, 0.15) is 18.0 Å². The molecule has 1 unspecified atom stereocenters. The molecular formula is C24H26ClN3O5. The van der Waals surface area contributed by atoms with Crippen molar-refractivity contribution in [3.63, 3.8) is 0 Å². The molecule has 0 amide bonds. The Hall–Kier alpha value is -2.94. The van der Waals surface area contributed by atoms with Crippen LogP contribution in [0.2, 0.25) is 0 Å². The predicted octanol–water partition coefficient (Wildman–Crippen LogP) is 2.66. The standard InChI is InChI=1S/C24H25N3O5.ClH/c1-4-24(31)9-21(29)32-12-16-17(24)8-19-22-13(10-27(19)23(16)30)7-14-15(11-26(2)3)20(28)6-5-18(14)25-22;/h5-8,28,31H,4,9-12H2,1-3H3;1H. The normalized spacial score (nSPS) is 18.9. The molecule has 0 fully saturated rings. The number of phenolic OH excluding ortho intramolecular Hbond substituents is 1. The maximum atomic E-state index is 13.4. The molecule has 2 aliphatic heterocycles. The van der Waals surface area contributed by atoms with Crippen LogP contribution in [0.15, 0.2) is 29.1 Å². The van der Waals surface area contributed by atoms with E-state index >= 15 is 0 Å². The molecule has 0 aliphatic carbocycles. The van der Waals surface area contributed by atoms with E-state index in [1.807, 2.05) is 25.1 Å². The number of fused-ring (bicyclic) bond motifs is 5. The van der Waals surface area contributed by atoms with Crippen LogP contribution >= 0.6 is 12.4 Å². The van der Waals surface area contributed by atoms with E-state index < -0.39 is 11.6 Å². The lowest BCUT2D eigenvalue weighted by Crippen LogP contribution is -2.32. The summed E-state index contributed by atoms with van der Waals surface area (Å²) < 4.78 is 6.83. The number of aromatic hydroxyl groups is 1. The first-order valence-electron chi connectivity index (χ1n) is 10.7. The van der Waals surface area contributed by atoms with E-state index in [0.717, 1.165) is 22.0 Å². The number of hydrogen-bond acceptors (Lipinski definition) is 7. The minimum absolute atomic E-state index is 0. The third-order valence-corrected chi connectivity index (χ3v) is 6.51. The zero-order valence-electron chi connectivity index (χ0n) is 18.7. The molecule has 8 nitrogen and oxygen atoms in total. The fourth-order valence-corrected chi connectivity index (χ4v) is 4.78. The van der Waals surface area contributed by atoms with Crippen molar-refractivity contribution in [1.82, 2.24) is 14.5 Å². The van der Waals surface area contributed by atoms with Crippen LogP contribution in [0.3, 0.4) is 0 Å². The summed E-state index contributed by atoms with van der Waals surface area (Å²) in [6, 6.07) is 7.18. The predicted molar refractivity (Wildman–Crippen MR) is 125 cm³/mol. The van der Waals surface area contributed by atoms with Crippen LogP contribution in [0.5, 0.6) is 5.75 Å². The van der Waals surface area contributed by atoms with Gasteiger partial charge in [0.15, 0.2) is 0 Å². The lowest BCUT2D eigenvalue weighted by atomic mass is 9.85. The van der Waals surface area contributed by atoms with Crippen LogP contribution in [-0.4, -0.2) is 44.7 Å². The van der Waals surface area contributed by atoms with Crippen LogP contribution in [-0.2, 0) is 34.8 Å². The van der Waals surface area contributed by atoms with E-state index in [1.165, 1.54) is 0 Å². The Labute approximate surface area is 196 Å². The summed E-state index contributed by atoms with van der Waals surface area (Å²) in [5.41, 5.74) is 2.69. The van der Waals surface area contributed by atoms with Crippen LogP contribution in [0.4, 0.5) is 0 Å². The van der Waals surface area contributed by atoms with E-state index in [1.54, 1.807) is 29.7 Å². The Bertz CT molecular complexity index is 1350. The highest BCUT2D eigenvalue weighted by Gasteiger charge is 2.39. The molecule has 4 heterocycles. The van der Waals surface area contributed by atoms with E-state index in [0.29, 0.717) is 35.6 Å². The SMILES string of the molecule is CCC1(O)CC(=O)OCc2c1cc1n(c2=O)Cc2cc3c(CN(C)C)c(O)ccc3nc2-1.Cl. The fraction of sp³-hybridized carbons (Fsp3) is 0.375. The summed E-state index contributed by atoms with van der Waals surface area (Å²) in [4.78, 5) is 32.2. The molecule has 2 N–H and O–H groups in total. The summed E-state index contributed by atoms with van der Waals surface area (Å²) in [6.45, 7) is 2.52. The van der Waals surface area contributed by atoms with Crippen molar-refractivity contribution < 1.29 is 19.7 Å². The molecule has 0 radical (unpaired) electrons. The second-order valence-electron chi connectivity index (χ2n) is 8.90. The Morgan fingerprint density at radius 3 is 2.70 bits per heavy atom. The number of halogens is 1. The van der Waals surface area contributed by atoms with Crippen molar-refractivity contribution in [2.24, 2.45) is 0 Å². The molecule has 2 aliphatic rings. The Morgan fingerprint density at radius 1 is 1.24 bits per heavy atom. The summed E-state index contributed by atoms with van der Waals surface area (Å²) in [7, 11) is 3.87. The van der Waals surface area contributed by atoms with Gasteiger partial charge in [-0.3, -0.25) is 9.59 Å². The minimum atomic E-state index is -1.46. The maximum Gasteiger partial charge on any atom is 0.309 e. The van der Waals surface area contributed by atoms with Crippen molar-refractivity contribution >= 4 is 29.3 Å². The zero-order chi connectivity index (χ0) is 22.8. The van der Waals surface area contributed by atoms with Gasteiger partial charge in [0.25, 0.3) is 5.56 Å². The lowest BCUT2D eigenvalue weighted by Gasteiger charge is -2.26. The minimum Gasteiger partial charge on any atom is -0.508 e. The van der Waals surface area contributed by atoms with Crippen molar-refractivity contribution in [3.8, 4) is 17.1 Å². The Morgan fingerprint density at radius 2 is 2.00 bits per heavy atom. The number of phenols is 1. The molecular weight excluding hydrogens is 446 g/mol. The molecule has 0 spiro atoms. The van der Waals surface area contributed by atoms with Gasteiger partial charge in [-0.05, 0) is 50.3 Å². The highest BCUT2D eigenvalue weighted by atomic mass is 35.5. The number of aliphatic hydroxyl groups is 1. The summed E-state index contributed by atoms with van der Waals surface area (Å²) >= 11 is 0. The van der Waals surface area contributed by atoms with Gasteiger partial charge in [-0.25, -0.2) is 4.98 Å². The molecule has 1 aromatic carbocycles. The molecule has 174 valence electrons. The zero-order valence-corrected chi connectivity index (χ0v) is 19.5. The van der Waals surface area contributed by atoms with Crippen LogP contribution in [0.25, 0.3) is 22.3 Å². The third kappa shape index (κ3) is 3.58. The number of pyridine rings is 2. The van der Waals surface area contributed by atoms with Crippen molar-refractivity contribution in [3.05, 3.63) is 56.9 Å². The third-order valence-electron chi connectivity index (χ3n) is 6.51. The van der Waals surface area contributed by atoms with Gasteiger partial charge < -0.3 is 24.4 Å². The second-order valence-corrected chi connectivity index (χ2v) is 8.90. The van der Waals surface area contributed by atoms with Crippen LogP contribution in [0, 0.1) is 0 Å². The van der Waals surface area contributed by atoms with E-state index in [-0.39, 0.29) is 43.2 Å². The fourth-order valence-electron chi connectivity index (χ4n) is 4.78. The average molecular weight is 472 g/mol. The summed E-state index contributed by atoms with van der Waals surface area (Å²) in [5, 5.41) is 22.5. The monoisotopic (exact) mass is 471 g/mol. The highest BCUT2D eigenvalue weighted by molar-refractivity contribution is 5.88. The van der Waals surface area contributed by atoms with E-state index in [9.17, 15) is 19.8 Å². The molecule has 2 aromatic heterocycles. The number of aromatic nitrogens is 2. The number of ether oxygens (including phenoxy) is 1. The molecule has 0 saturated carbocycles. The van der Waals surface area contributed by atoms with E-state index in [4.69, 9.17) is 9.72 Å². The first kappa shape index (κ1) is 23.2. The van der Waals surface area contributed by atoms with Gasteiger partial charge >= 0.3 is 5.97 Å². The average Bonchev–Trinajstić information content (AvgIpc) is 3.04. The number of cyclic esters (lactones) is 1. The van der Waals surface area contributed by atoms with Crippen molar-refractivity contribution in [2.75, 3.05) is 14.1 Å². The van der Waals surface area contributed by atoms with Gasteiger partial charge in [-0.15, -0.1) is 12.4 Å². The number of esters is 1. The van der Waals surface area contributed by atoms with Gasteiger partial charge in [-0.1, -0.05) is 6.92 Å². The number of nitrogens with zero attached hydrogens (tertiary/aromatic N) is 3. The first-order valence-corrected chi connectivity index (χ1v) is 10.7. The molecule has 9 heteroatoms.